The van der Waals surface area contributed by atoms with E-state index in [0.29, 0.717) is 12.2 Å². The third kappa shape index (κ3) is 4.77. The molecule has 0 aliphatic rings. The van der Waals surface area contributed by atoms with Crippen molar-refractivity contribution < 1.29 is 9.53 Å². The third-order valence-corrected chi connectivity index (χ3v) is 3.33. The van der Waals surface area contributed by atoms with Crippen molar-refractivity contribution >= 4 is 38.1 Å². The quantitative estimate of drug-likeness (QED) is 0.572. The summed E-state index contributed by atoms with van der Waals surface area (Å²) in [4.78, 5) is 12.8. The lowest BCUT2D eigenvalue weighted by Gasteiger charge is -2.13. The van der Waals surface area contributed by atoms with Crippen LogP contribution in [0.25, 0.3) is 0 Å². The van der Waals surface area contributed by atoms with E-state index < -0.39 is 0 Å². The molecule has 0 amide bonds. The minimum atomic E-state index is 0.615. The summed E-state index contributed by atoms with van der Waals surface area (Å²) in [7, 11) is 4.06. The van der Waals surface area contributed by atoms with Crippen LogP contribution in [-0.4, -0.2) is 38.4 Å². The second kappa shape index (κ2) is 7.13. The van der Waals surface area contributed by atoms with Crippen molar-refractivity contribution in [3.8, 4) is 5.75 Å². The molecule has 0 aliphatic carbocycles. The van der Waals surface area contributed by atoms with Crippen molar-refractivity contribution in [1.82, 2.24) is 4.90 Å². The normalized spacial score (nSPS) is 10.6. The van der Waals surface area contributed by atoms with Gasteiger partial charge in [0.15, 0.2) is 0 Å². The zero-order chi connectivity index (χ0) is 12.8. The van der Waals surface area contributed by atoms with Gasteiger partial charge < -0.3 is 9.64 Å². The molecule has 3 nitrogen and oxygen atoms in total. The highest BCUT2D eigenvalue weighted by molar-refractivity contribution is 9.11. The van der Waals surface area contributed by atoms with Crippen LogP contribution in [0.1, 0.15) is 16.8 Å². The van der Waals surface area contributed by atoms with E-state index in [1.165, 1.54) is 0 Å². The van der Waals surface area contributed by atoms with Crippen LogP contribution in [0.5, 0.6) is 5.75 Å². The Morgan fingerprint density at radius 3 is 2.35 bits per heavy atom. The van der Waals surface area contributed by atoms with Gasteiger partial charge in [-0.1, -0.05) is 0 Å². The molecule has 94 valence electrons. The van der Waals surface area contributed by atoms with Gasteiger partial charge in [0.05, 0.1) is 15.6 Å². The molecule has 0 aromatic heterocycles. The summed E-state index contributed by atoms with van der Waals surface area (Å²) in [5, 5.41) is 0. The summed E-state index contributed by atoms with van der Waals surface area (Å²) in [5.41, 5.74) is 0.615. The molecule has 0 heterocycles. The summed E-state index contributed by atoms with van der Waals surface area (Å²) < 4.78 is 7.26. The Morgan fingerprint density at radius 2 is 1.88 bits per heavy atom. The molecule has 1 rings (SSSR count). The minimum absolute atomic E-state index is 0.615. The predicted molar refractivity (Wildman–Crippen MR) is 75.9 cm³/mol. The Balaban J connectivity index is 2.62. The van der Waals surface area contributed by atoms with Gasteiger partial charge in [-0.3, -0.25) is 4.79 Å². The van der Waals surface area contributed by atoms with Crippen LogP contribution in [-0.2, 0) is 0 Å². The monoisotopic (exact) mass is 363 g/mol. The summed E-state index contributed by atoms with van der Waals surface area (Å²) in [5.74, 6) is 0.745. The Morgan fingerprint density at radius 1 is 1.29 bits per heavy atom. The zero-order valence-electron chi connectivity index (χ0n) is 9.87. The van der Waals surface area contributed by atoms with Crippen molar-refractivity contribution in [3.05, 3.63) is 26.6 Å². The van der Waals surface area contributed by atoms with Crippen LogP contribution < -0.4 is 4.74 Å². The van der Waals surface area contributed by atoms with Gasteiger partial charge in [-0.2, -0.15) is 0 Å². The summed E-state index contributed by atoms with van der Waals surface area (Å²) in [6.45, 7) is 1.64. The maximum atomic E-state index is 10.7. The molecule has 0 aliphatic heterocycles. The van der Waals surface area contributed by atoms with E-state index in [9.17, 15) is 4.79 Å². The lowest BCUT2D eigenvalue weighted by atomic mass is 10.2. The Hall–Kier alpha value is -0.390. The van der Waals surface area contributed by atoms with Gasteiger partial charge in [0.1, 0.15) is 12.0 Å². The average Bonchev–Trinajstić information content (AvgIpc) is 2.26. The first-order chi connectivity index (χ1) is 8.04. The number of halogens is 2. The summed E-state index contributed by atoms with van der Waals surface area (Å²) in [6.07, 6.45) is 1.77. The number of carbonyl (C=O) groups is 1. The van der Waals surface area contributed by atoms with E-state index in [1.807, 2.05) is 14.1 Å². The largest absolute Gasteiger partial charge is 0.491 e. The molecule has 1 aromatic carbocycles. The highest BCUT2D eigenvalue weighted by Gasteiger charge is 2.08. The second-order valence-electron chi connectivity index (χ2n) is 3.94. The molecule has 0 bridgehead atoms. The molecule has 0 spiro atoms. The molecular formula is C12H15Br2NO2. The zero-order valence-corrected chi connectivity index (χ0v) is 13.0. The molecule has 0 radical (unpaired) electrons. The standard InChI is InChI=1S/C12H15Br2NO2/c1-15(2)4-3-5-17-12-10(13)6-9(8-16)7-11(12)14/h6-8H,3-5H2,1-2H3. The summed E-state index contributed by atoms with van der Waals surface area (Å²) >= 11 is 6.79. The third-order valence-electron chi connectivity index (χ3n) is 2.15. The highest BCUT2D eigenvalue weighted by atomic mass is 79.9. The molecule has 5 heteroatoms. The highest BCUT2D eigenvalue weighted by Crippen LogP contribution is 2.34. The SMILES string of the molecule is CN(C)CCCOc1c(Br)cc(C=O)cc1Br. The molecule has 0 N–H and O–H groups in total. The van der Waals surface area contributed by atoms with Gasteiger partial charge in [0.25, 0.3) is 0 Å². The first kappa shape index (κ1) is 14.7. The van der Waals surface area contributed by atoms with Gasteiger partial charge in [0, 0.05) is 12.1 Å². The van der Waals surface area contributed by atoms with Crippen molar-refractivity contribution in [2.45, 2.75) is 6.42 Å². The molecule has 0 fully saturated rings. The number of ether oxygens (including phenoxy) is 1. The van der Waals surface area contributed by atoms with Gasteiger partial charge in [-0.05, 0) is 64.5 Å². The van der Waals surface area contributed by atoms with E-state index in [-0.39, 0.29) is 0 Å². The van der Waals surface area contributed by atoms with Crippen molar-refractivity contribution in [2.75, 3.05) is 27.2 Å². The molecule has 1 aromatic rings. The van der Waals surface area contributed by atoms with Crippen LogP contribution >= 0.6 is 31.9 Å². The molecule has 0 unspecified atom stereocenters. The smallest absolute Gasteiger partial charge is 0.150 e. The Kier molecular flexibility index (Phi) is 6.16. The lowest BCUT2D eigenvalue weighted by molar-refractivity contribution is 0.112. The van der Waals surface area contributed by atoms with Gasteiger partial charge >= 0.3 is 0 Å². The number of nitrogens with zero attached hydrogens (tertiary/aromatic N) is 1. The van der Waals surface area contributed by atoms with E-state index in [0.717, 1.165) is 33.9 Å². The molecule has 17 heavy (non-hydrogen) atoms. The van der Waals surface area contributed by atoms with Crippen LogP contribution in [0.4, 0.5) is 0 Å². The maximum Gasteiger partial charge on any atom is 0.150 e. The fourth-order valence-corrected chi connectivity index (χ4v) is 2.79. The van der Waals surface area contributed by atoms with Crippen molar-refractivity contribution in [3.63, 3.8) is 0 Å². The average molecular weight is 365 g/mol. The van der Waals surface area contributed by atoms with Crippen LogP contribution in [0.2, 0.25) is 0 Å². The summed E-state index contributed by atoms with van der Waals surface area (Å²) in [6, 6.07) is 3.50. The van der Waals surface area contributed by atoms with E-state index in [2.05, 4.69) is 36.8 Å². The molecular weight excluding hydrogens is 350 g/mol. The van der Waals surface area contributed by atoms with Crippen LogP contribution in [0, 0.1) is 0 Å². The topological polar surface area (TPSA) is 29.5 Å². The lowest BCUT2D eigenvalue weighted by Crippen LogP contribution is -2.15. The van der Waals surface area contributed by atoms with E-state index in [1.54, 1.807) is 12.1 Å². The molecule has 0 saturated heterocycles. The van der Waals surface area contributed by atoms with Crippen LogP contribution in [0.15, 0.2) is 21.1 Å². The fourth-order valence-electron chi connectivity index (χ4n) is 1.34. The second-order valence-corrected chi connectivity index (χ2v) is 5.65. The number of carbonyl (C=O) groups excluding carboxylic acids is 1. The first-order valence-corrected chi connectivity index (χ1v) is 6.85. The van der Waals surface area contributed by atoms with Crippen LogP contribution in [0.3, 0.4) is 0 Å². The fraction of sp³-hybridized carbons (Fsp3) is 0.417. The predicted octanol–water partition coefficient (Wildman–Crippen LogP) is 3.35. The molecule has 0 atom stereocenters. The number of benzene rings is 1. The number of hydrogen-bond donors (Lipinski definition) is 0. The number of hydrogen-bond acceptors (Lipinski definition) is 3. The van der Waals surface area contributed by atoms with Gasteiger partial charge in [0.2, 0.25) is 0 Å². The number of rotatable bonds is 6. The molecule has 0 saturated carbocycles. The van der Waals surface area contributed by atoms with Gasteiger partial charge in [-0.15, -0.1) is 0 Å². The van der Waals surface area contributed by atoms with Crippen molar-refractivity contribution in [1.29, 1.82) is 0 Å². The van der Waals surface area contributed by atoms with Crippen molar-refractivity contribution in [2.24, 2.45) is 0 Å². The van der Waals surface area contributed by atoms with Gasteiger partial charge in [-0.25, -0.2) is 0 Å². The minimum Gasteiger partial charge on any atom is -0.491 e. The van der Waals surface area contributed by atoms with E-state index in [4.69, 9.17) is 4.74 Å². The Labute approximate surface area is 118 Å². The number of aldehydes is 1. The Bertz CT molecular complexity index is 371. The maximum absolute atomic E-state index is 10.7. The van der Waals surface area contributed by atoms with E-state index >= 15 is 0 Å². The first-order valence-electron chi connectivity index (χ1n) is 5.26.